The number of amides is 2. The summed E-state index contributed by atoms with van der Waals surface area (Å²) in [7, 11) is 0. The molecule has 24 heavy (non-hydrogen) atoms. The summed E-state index contributed by atoms with van der Waals surface area (Å²) in [5.41, 5.74) is 0.940. The summed E-state index contributed by atoms with van der Waals surface area (Å²) >= 11 is 1.66. The van der Waals surface area contributed by atoms with E-state index < -0.39 is 0 Å². The second kappa shape index (κ2) is 7.64. The van der Waals surface area contributed by atoms with Gasteiger partial charge in [-0.15, -0.1) is 11.3 Å². The van der Waals surface area contributed by atoms with E-state index in [1.165, 1.54) is 6.42 Å². The molecular weight excluding hydrogens is 322 g/mol. The first-order chi connectivity index (χ1) is 11.5. The van der Waals surface area contributed by atoms with Crippen LogP contribution in [0.2, 0.25) is 0 Å². The Balaban J connectivity index is 1.54. The summed E-state index contributed by atoms with van der Waals surface area (Å²) in [4.78, 5) is 30.8. The average Bonchev–Trinajstić information content (AvgIpc) is 2.99. The highest BCUT2D eigenvalue weighted by molar-refractivity contribution is 7.09. The fourth-order valence-electron chi connectivity index (χ4n) is 3.33. The van der Waals surface area contributed by atoms with Crippen molar-refractivity contribution in [1.82, 2.24) is 15.2 Å². The summed E-state index contributed by atoms with van der Waals surface area (Å²) in [6.07, 6.45) is 5.35. The van der Waals surface area contributed by atoms with Crippen LogP contribution in [0.25, 0.3) is 0 Å². The third-order valence-electron chi connectivity index (χ3n) is 5.07. The van der Waals surface area contributed by atoms with Crippen LogP contribution in [-0.2, 0) is 16.1 Å². The molecule has 1 aromatic rings. The molecule has 0 aromatic carbocycles. The van der Waals surface area contributed by atoms with E-state index in [-0.39, 0.29) is 23.7 Å². The van der Waals surface area contributed by atoms with Crippen LogP contribution in [0.1, 0.15) is 62.6 Å². The predicted molar refractivity (Wildman–Crippen MR) is 94.7 cm³/mol. The fraction of sp³-hybridized carbons (Fsp3) is 0.722. The number of aromatic nitrogens is 1. The number of piperidine rings is 1. The molecule has 1 saturated heterocycles. The van der Waals surface area contributed by atoms with Gasteiger partial charge in [0.05, 0.1) is 17.2 Å². The molecular formula is C18H27N3O2S. The van der Waals surface area contributed by atoms with E-state index in [0.29, 0.717) is 12.5 Å². The van der Waals surface area contributed by atoms with Crippen molar-refractivity contribution in [2.75, 3.05) is 13.1 Å². The minimum absolute atomic E-state index is 0.0531. The summed E-state index contributed by atoms with van der Waals surface area (Å²) in [5.74, 6) is 1.02. The normalized spacial score (nSPS) is 21.6. The first-order valence-electron chi connectivity index (χ1n) is 9.05. The molecule has 5 nitrogen and oxygen atoms in total. The number of hydrogen-bond donors (Lipinski definition) is 1. The van der Waals surface area contributed by atoms with E-state index in [2.05, 4.69) is 5.32 Å². The number of carbonyl (C=O) groups is 2. The quantitative estimate of drug-likeness (QED) is 0.889. The van der Waals surface area contributed by atoms with Crippen LogP contribution in [0.5, 0.6) is 0 Å². The largest absolute Gasteiger partial charge is 0.350 e. The van der Waals surface area contributed by atoms with E-state index >= 15 is 0 Å². The predicted octanol–water partition coefficient (Wildman–Crippen LogP) is 2.92. The molecule has 2 fully saturated rings. The number of nitrogens with zero attached hydrogens (tertiary/aromatic N) is 2. The van der Waals surface area contributed by atoms with E-state index in [9.17, 15) is 9.59 Å². The zero-order valence-corrected chi connectivity index (χ0v) is 15.4. The van der Waals surface area contributed by atoms with Gasteiger partial charge in [0.1, 0.15) is 0 Å². The molecule has 2 heterocycles. The molecule has 2 amide bonds. The monoisotopic (exact) mass is 349 g/mol. The van der Waals surface area contributed by atoms with Crippen molar-refractivity contribution in [1.29, 1.82) is 0 Å². The van der Waals surface area contributed by atoms with Gasteiger partial charge in [0, 0.05) is 36.2 Å². The topological polar surface area (TPSA) is 62.3 Å². The van der Waals surface area contributed by atoms with Crippen molar-refractivity contribution < 1.29 is 9.59 Å². The van der Waals surface area contributed by atoms with Gasteiger partial charge in [0.15, 0.2) is 0 Å². The van der Waals surface area contributed by atoms with Gasteiger partial charge in [-0.2, -0.15) is 0 Å². The van der Waals surface area contributed by atoms with Gasteiger partial charge in [-0.25, -0.2) is 4.98 Å². The molecule has 3 rings (SSSR count). The van der Waals surface area contributed by atoms with Crippen molar-refractivity contribution in [2.24, 2.45) is 11.8 Å². The Labute approximate surface area is 147 Å². The number of rotatable bonds is 5. The fourth-order valence-corrected chi connectivity index (χ4v) is 4.28. The van der Waals surface area contributed by atoms with Crippen LogP contribution < -0.4 is 5.32 Å². The lowest BCUT2D eigenvalue weighted by Gasteiger charge is -2.33. The summed E-state index contributed by atoms with van der Waals surface area (Å²) in [6.45, 7) is 6.07. The molecule has 132 valence electrons. The highest BCUT2D eigenvalue weighted by atomic mass is 32.1. The maximum absolute atomic E-state index is 12.2. The standard InChI is InChI=1S/C18H27N3O2S/c1-12(2)18(23)21-8-4-7-14(10-21)17-20-15(11-24-17)9-19-16(22)13-5-3-6-13/h11-14H,3-10H2,1-2H3,(H,19,22). The zero-order chi connectivity index (χ0) is 17.1. The number of hydrogen-bond acceptors (Lipinski definition) is 4. The highest BCUT2D eigenvalue weighted by Gasteiger charge is 2.28. The Morgan fingerprint density at radius 2 is 2.12 bits per heavy atom. The molecule has 1 saturated carbocycles. The molecule has 1 unspecified atom stereocenters. The number of thiazole rings is 1. The molecule has 6 heteroatoms. The number of likely N-dealkylation sites (tertiary alicyclic amines) is 1. The average molecular weight is 350 g/mol. The molecule has 1 atom stereocenters. The first-order valence-corrected chi connectivity index (χ1v) is 9.93. The third kappa shape index (κ3) is 3.97. The lowest BCUT2D eigenvalue weighted by molar-refractivity contribution is -0.135. The van der Waals surface area contributed by atoms with E-state index in [4.69, 9.17) is 4.98 Å². The smallest absolute Gasteiger partial charge is 0.225 e. The maximum Gasteiger partial charge on any atom is 0.225 e. The molecule has 0 bridgehead atoms. The van der Waals surface area contributed by atoms with E-state index in [0.717, 1.165) is 49.5 Å². The minimum Gasteiger partial charge on any atom is -0.350 e. The van der Waals surface area contributed by atoms with Gasteiger partial charge in [0.25, 0.3) is 0 Å². The van der Waals surface area contributed by atoms with Crippen molar-refractivity contribution in [2.45, 2.75) is 58.4 Å². The molecule has 1 aliphatic heterocycles. The van der Waals surface area contributed by atoms with E-state index in [1.54, 1.807) is 11.3 Å². The van der Waals surface area contributed by atoms with Crippen LogP contribution in [0.15, 0.2) is 5.38 Å². The summed E-state index contributed by atoms with van der Waals surface area (Å²) in [5, 5.41) is 6.14. The molecule has 0 radical (unpaired) electrons. The van der Waals surface area contributed by atoms with Crippen LogP contribution in [-0.4, -0.2) is 34.8 Å². The molecule has 0 spiro atoms. The van der Waals surface area contributed by atoms with Crippen molar-refractivity contribution in [3.63, 3.8) is 0 Å². The number of carbonyl (C=O) groups excluding carboxylic acids is 2. The van der Waals surface area contributed by atoms with Gasteiger partial charge in [0.2, 0.25) is 11.8 Å². The van der Waals surface area contributed by atoms with Crippen LogP contribution in [0, 0.1) is 11.8 Å². The molecule has 1 N–H and O–H groups in total. The van der Waals surface area contributed by atoms with Crippen LogP contribution in [0.3, 0.4) is 0 Å². The lowest BCUT2D eigenvalue weighted by atomic mass is 9.85. The highest BCUT2D eigenvalue weighted by Crippen LogP contribution is 2.30. The van der Waals surface area contributed by atoms with Gasteiger partial charge >= 0.3 is 0 Å². The van der Waals surface area contributed by atoms with Crippen LogP contribution in [0.4, 0.5) is 0 Å². The van der Waals surface area contributed by atoms with Gasteiger partial charge < -0.3 is 10.2 Å². The third-order valence-corrected chi connectivity index (χ3v) is 6.12. The Hall–Kier alpha value is -1.43. The molecule has 2 aliphatic rings. The van der Waals surface area contributed by atoms with E-state index in [1.807, 2.05) is 24.1 Å². The Bertz CT molecular complexity index is 595. The van der Waals surface area contributed by atoms with Gasteiger partial charge in [-0.3, -0.25) is 9.59 Å². The van der Waals surface area contributed by atoms with Gasteiger partial charge in [-0.1, -0.05) is 20.3 Å². The summed E-state index contributed by atoms with van der Waals surface area (Å²) in [6, 6.07) is 0. The lowest BCUT2D eigenvalue weighted by Crippen LogP contribution is -2.41. The Morgan fingerprint density at radius 1 is 1.33 bits per heavy atom. The van der Waals surface area contributed by atoms with Crippen molar-refractivity contribution in [3.05, 3.63) is 16.1 Å². The summed E-state index contributed by atoms with van der Waals surface area (Å²) < 4.78 is 0. The zero-order valence-electron chi connectivity index (χ0n) is 14.6. The Morgan fingerprint density at radius 3 is 2.79 bits per heavy atom. The minimum atomic E-state index is 0.0531. The first kappa shape index (κ1) is 17.4. The molecule has 1 aliphatic carbocycles. The maximum atomic E-state index is 12.2. The molecule has 1 aromatic heterocycles. The SMILES string of the molecule is CC(C)C(=O)N1CCCC(c2nc(CNC(=O)C3CCC3)cs2)C1. The van der Waals surface area contributed by atoms with Gasteiger partial charge in [-0.05, 0) is 25.7 Å². The Kier molecular flexibility index (Phi) is 5.54. The number of nitrogens with one attached hydrogen (secondary N) is 1. The van der Waals surface area contributed by atoms with Crippen molar-refractivity contribution in [3.8, 4) is 0 Å². The second-order valence-corrected chi connectivity index (χ2v) is 8.19. The second-order valence-electron chi connectivity index (χ2n) is 7.30. The van der Waals surface area contributed by atoms with Crippen LogP contribution >= 0.6 is 11.3 Å². The van der Waals surface area contributed by atoms with Crippen molar-refractivity contribution >= 4 is 23.2 Å².